The Morgan fingerprint density at radius 2 is 2.29 bits per heavy atom. The first-order valence-corrected chi connectivity index (χ1v) is 7.41. The molecule has 21 heavy (non-hydrogen) atoms. The third kappa shape index (κ3) is 4.57. The van der Waals surface area contributed by atoms with Crippen LogP contribution in [0.15, 0.2) is 22.7 Å². The molecule has 0 bridgehead atoms. The summed E-state index contributed by atoms with van der Waals surface area (Å²) in [6.45, 7) is 4.59. The van der Waals surface area contributed by atoms with Gasteiger partial charge in [-0.2, -0.15) is 0 Å². The number of amides is 2. The molecule has 0 saturated heterocycles. The Kier molecular flexibility index (Phi) is 5.35. The number of aromatic nitrogens is 1. The van der Waals surface area contributed by atoms with Crippen LogP contribution in [0.4, 0.5) is 4.79 Å². The Morgan fingerprint density at radius 1 is 1.48 bits per heavy atom. The quantitative estimate of drug-likeness (QED) is 0.859. The van der Waals surface area contributed by atoms with E-state index in [1.165, 1.54) is 0 Å². The second-order valence-corrected chi connectivity index (χ2v) is 5.95. The average Bonchev–Trinajstić information content (AvgIpc) is 3.05. The first-order chi connectivity index (χ1) is 10.1. The monoisotopic (exact) mass is 309 g/mol. The predicted octanol–water partition coefficient (Wildman–Crippen LogP) is 2.54. The molecule has 0 aliphatic rings. The van der Waals surface area contributed by atoms with Gasteiger partial charge in [-0.1, -0.05) is 0 Å². The molecule has 1 unspecified atom stereocenters. The van der Waals surface area contributed by atoms with Crippen LogP contribution in [-0.2, 0) is 11.3 Å². The van der Waals surface area contributed by atoms with Crippen LogP contribution in [0.25, 0.3) is 0 Å². The van der Waals surface area contributed by atoms with Crippen molar-refractivity contribution in [3.8, 4) is 0 Å². The Bertz CT molecular complexity index is 594. The van der Waals surface area contributed by atoms with Crippen molar-refractivity contribution in [2.24, 2.45) is 0 Å². The van der Waals surface area contributed by atoms with Gasteiger partial charge in [-0.3, -0.25) is 0 Å². The summed E-state index contributed by atoms with van der Waals surface area (Å²) in [5.74, 6) is 1.48. The predicted molar refractivity (Wildman–Crippen MR) is 80.3 cm³/mol. The maximum Gasteiger partial charge on any atom is 0.315 e. The molecule has 2 aromatic heterocycles. The van der Waals surface area contributed by atoms with Crippen LogP contribution in [0, 0.1) is 13.8 Å². The second-order valence-electron chi connectivity index (χ2n) is 4.63. The van der Waals surface area contributed by atoms with Crippen molar-refractivity contribution in [3.05, 3.63) is 39.7 Å². The lowest BCUT2D eigenvalue weighted by molar-refractivity contribution is 0.156. The van der Waals surface area contributed by atoms with Crippen molar-refractivity contribution in [1.29, 1.82) is 0 Å². The minimum Gasteiger partial charge on any atom is -0.464 e. The zero-order chi connectivity index (χ0) is 15.2. The molecular formula is C14H19N3O3S. The number of nitrogens with zero attached hydrogens (tertiary/aromatic N) is 1. The summed E-state index contributed by atoms with van der Waals surface area (Å²) >= 11 is 1.56. The molecule has 0 saturated carbocycles. The molecule has 2 amide bonds. The van der Waals surface area contributed by atoms with E-state index in [2.05, 4.69) is 15.6 Å². The maximum atomic E-state index is 12.0. The Morgan fingerprint density at radius 3 is 2.86 bits per heavy atom. The number of urea groups is 1. The van der Waals surface area contributed by atoms with E-state index in [-0.39, 0.29) is 12.1 Å². The van der Waals surface area contributed by atoms with Gasteiger partial charge in [0.25, 0.3) is 0 Å². The van der Waals surface area contributed by atoms with Crippen LogP contribution in [-0.4, -0.2) is 24.7 Å². The number of nitrogens with one attached hydrogen (secondary N) is 2. The summed E-state index contributed by atoms with van der Waals surface area (Å²) in [5, 5.41) is 6.62. The van der Waals surface area contributed by atoms with Gasteiger partial charge in [0.05, 0.1) is 18.2 Å². The van der Waals surface area contributed by atoms with E-state index in [1.54, 1.807) is 24.6 Å². The summed E-state index contributed by atoms with van der Waals surface area (Å²) < 4.78 is 10.7. The topological polar surface area (TPSA) is 76.4 Å². The molecule has 2 heterocycles. The Labute approximate surface area is 127 Å². The number of furan rings is 1. The molecule has 6 nitrogen and oxygen atoms in total. The lowest BCUT2D eigenvalue weighted by Gasteiger charge is -2.16. The normalized spacial score (nSPS) is 12.1. The number of hydrogen-bond donors (Lipinski definition) is 2. The molecule has 0 radical (unpaired) electrons. The molecule has 7 heteroatoms. The number of carbonyl (C=O) groups excluding carboxylic acids is 1. The number of methoxy groups -OCH3 is 1. The maximum absolute atomic E-state index is 12.0. The van der Waals surface area contributed by atoms with Crippen LogP contribution in [0.3, 0.4) is 0 Å². The first kappa shape index (κ1) is 15.5. The van der Waals surface area contributed by atoms with Crippen molar-refractivity contribution in [3.63, 3.8) is 0 Å². The van der Waals surface area contributed by atoms with E-state index in [0.29, 0.717) is 18.9 Å². The van der Waals surface area contributed by atoms with Gasteiger partial charge < -0.3 is 19.8 Å². The SMILES string of the molecule is COCC(NC(=O)NCc1cnc(C)s1)c1ccc(C)o1. The fourth-order valence-electron chi connectivity index (χ4n) is 1.87. The minimum atomic E-state index is -0.313. The highest BCUT2D eigenvalue weighted by atomic mass is 32.1. The first-order valence-electron chi connectivity index (χ1n) is 6.59. The molecule has 2 rings (SSSR count). The Balaban J connectivity index is 1.89. The highest BCUT2D eigenvalue weighted by Gasteiger charge is 2.17. The van der Waals surface area contributed by atoms with Crippen molar-refractivity contribution in [2.45, 2.75) is 26.4 Å². The lowest BCUT2D eigenvalue weighted by atomic mass is 10.2. The summed E-state index contributed by atoms with van der Waals surface area (Å²) in [4.78, 5) is 17.1. The average molecular weight is 309 g/mol. The summed E-state index contributed by atoms with van der Waals surface area (Å²) in [7, 11) is 1.59. The molecular weight excluding hydrogens is 290 g/mol. The van der Waals surface area contributed by atoms with Crippen molar-refractivity contribution < 1.29 is 13.9 Å². The highest BCUT2D eigenvalue weighted by molar-refractivity contribution is 7.11. The standard InChI is InChI=1S/C14H19N3O3S/c1-9-4-5-13(20-9)12(8-19-3)17-14(18)16-7-11-6-15-10(2)21-11/h4-6,12H,7-8H2,1-3H3,(H2,16,17,18). The fraction of sp³-hybridized carbons (Fsp3) is 0.429. The van der Waals surface area contributed by atoms with E-state index in [4.69, 9.17) is 9.15 Å². The van der Waals surface area contributed by atoms with Gasteiger partial charge in [0, 0.05) is 18.2 Å². The zero-order valence-electron chi connectivity index (χ0n) is 12.3. The number of hydrogen-bond acceptors (Lipinski definition) is 5. The number of rotatable bonds is 6. The molecule has 0 spiro atoms. The van der Waals surface area contributed by atoms with E-state index in [1.807, 2.05) is 26.0 Å². The van der Waals surface area contributed by atoms with E-state index >= 15 is 0 Å². The van der Waals surface area contributed by atoms with Gasteiger partial charge in [-0.05, 0) is 26.0 Å². The van der Waals surface area contributed by atoms with Gasteiger partial charge in [0.15, 0.2) is 0 Å². The fourth-order valence-corrected chi connectivity index (χ4v) is 2.60. The summed E-state index contributed by atoms with van der Waals surface area (Å²) in [6, 6.07) is 3.12. The summed E-state index contributed by atoms with van der Waals surface area (Å²) in [5.41, 5.74) is 0. The van der Waals surface area contributed by atoms with Gasteiger partial charge >= 0.3 is 6.03 Å². The van der Waals surface area contributed by atoms with Crippen LogP contribution in [0.1, 0.15) is 27.4 Å². The molecule has 114 valence electrons. The minimum absolute atomic E-state index is 0.267. The van der Waals surface area contributed by atoms with E-state index < -0.39 is 0 Å². The van der Waals surface area contributed by atoms with Crippen LogP contribution >= 0.6 is 11.3 Å². The second kappa shape index (κ2) is 7.24. The smallest absolute Gasteiger partial charge is 0.315 e. The molecule has 0 aromatic carbocycles. The summed E-state index contributed by atoms with van der Waals surface area (Å²) in [6.07, 6.45) is 1.77. The van der Waals surface area contributed by atoms with Crippen LogP contribution in [0.2, 0.25) is 0 Å². The third-order valence-corrected chi connectivity index (χ3v) is 3.75. The van der Waals surface area contributed by atoms with Gasteiger partial charge in [0.1, 0.15) is 17.6 Å². The van der Waals surface area contributed by atoms with Crippen molar-refractivity contribution in [2.75, 3.05) is 13.7 Å². The van der Waals surface area contributed by atoms with Crippen LogP contribution in [0.5, 0.6) is 0 Å². The van der Waals surface area contributed by atoms with Crippen molar-refractivity contribution >= 4 is 17.4 Å². The molecule has 2 N–H and O–H groups in total. The largest absolute Gasteiger partial charge is 0.464 e. The number of thiazole rings is 1. The molecule has 0 aliphatic carbocycles. The number of carbonyl (C=O) groups is 1. The third-order valence-electron chi connectivity index (χ3n) is 2.84. The highest BCUT2D eigenvalue weighted by Crippen LogP contribution is 2.16. The van der Waals surface area contributed by atoms with E-state index in [9.17, 15) is 4.79 Å². The number of aryl methyl sites for hydroxylation is 2. The van der Waals surface area contributed by atoms with Crippen molar-refractivity contribution in [1.82, 2.24) is 15.6 Å². The molecule has 2 aromatic rings. The molecule has 0 aliphatic heterocycles. The molecule has 1 atom stereocenters. The van der Waals surface area contributed by atoms with Gasteiger partial charge in [0.2, 0.25) is 0 Å². The van der Waals surface area contributed by atoms with Gasteiger partial charge in [-0.15, -0.1) is 11.3 Å². The zero-order valence-corrected chi connectivity index (χ0v) is 13.1. The van der Waals surface area contributed by atoms with Crippen LogP contribution < -0.4 is 10.6 Å². The number of ether oxygens (including phenoxy) is 1. The van der Waals surface area contributed by atoms with Gasteiger partial charge in [-0.25, -0.2) is 9.78 Å². The molecule has 0 fully saturated rings. The lowest BCUT2D eigenvalue weighted by Crippen LogP contribution is -2.38. The van der Waals surface area contributed by atoms with E-state index in [0.717, 1.165) is 15.6 Å². The Hall–Kier alpha value is -1.86.